The number of benzene rings is 1. The lowest BCUT2D eigenvalue weighted by atomic mass is 9.83. The Hall–Kier alpha value is -0.820. The van der Waals surface area contributed by atoms with Gasteiger partial charge >= 0.3 is 0 Å². The van der Waals surface area contributed by atoms with Crippen LogP contribution in [0.1, 0.15) is 30.9 Å². The highest BCUT2D eigenvalue weighted by atomic mass is 14.6. The van der Waals surface area contributed by atoms with Crippen molar-refractivity contribution in [3.63, 3.8) is 0 Å². The van der Waals surface area contributed by atoms with Crippen LogP contribution in [0.25, 0.3) is 0 Å². The monoisotopic (exact) mass is 189 g/mol. The zero-order chi connectivity index (χ0) is 10.1. The molecule has 0 bridgehead atoms. The minimum Gasteiger partial charge on any atom is -0.330 e. The van der Waals surface area contributed by atoms with E-state index in [1.807, 2.05) is 0 Å². The normalized spacial score (nSPS) is 25.4. The van der Waals surface area contributed by atoms with E-state index in [9.17, 15) is 0 Å². The lowest BCUT2D eigenvalue weighted by Gasteiger charge is -2.22. The summed E-state index contributed by atoms with van der Waals surface area (Å²) in [6, 6.07) is 8.80. The van der Waals surface area contributed by atoms with Crippen molar-refractivity contribution in [3.05, 3.63) is 35.4 Å². The molecule has 0 aromatic heterocycles. The molecule has 1 aliphatic rings. The average Bonchev–Trinajstić information content (AvgIpc) is 2.55. The van der Waals surface area contributed by atoms with Crippen molar-refractivity contribution in [2.45, 2.75) is 26.2 Å². The van der Waals surface area contributed by atoms with Crippen LogP contribution >= 0.6 is 0 Å². The predicted octanol–water partition coefficient (Wildman–Crippen LogP) is 2.56. The zero-order valence-electron chi connectivity index (χ0n) is 9.03. The second-order valence-electron chi connectivity index (χ2n) is 4.67. The minimum absolute atomic E-state index is 0.660. The lowest BCUT2D eigenvalue weighted by molar-refractivity contribution is 0.375. The number of rotatable bonds is 2. The van der Waals surface area contributed by atoms with E-state index < -0.39 is 0 Å². The summed E-state index contributed by atoms with van der Waals surface area (Å²) in [6.07, 6.45) is 1.18. The number of hydrogen-bond acceptors (Lipinski definition) is 1. The van der Waals surface area contributed by atoms with E-state index in [1.165, 1.54) is 17.5 Å². The first-order valence-electron chi connectivity index (χ1n) is 5.52. The molecule has 0 aliphatic heterocycles. The fraction of sp³-hybridized carbons (Fsp3) is 0.538. The van der Waals surface area contributed by atoms with Crippen LogP contribution in [-0.4, -0.2) is 6.54 Å². The summed E-state index contributed by atoms with van der Waals surface area (Å²) >= 11 is 0. The van der Waals surface area contributed by atoms with Crippen molar-refractivity contribution in [2.24, 2.45) is 17.6 Å². The topological polar surface area (TPSA) is 26.0 Å². The van der Waals surface area contributed by atoms with Crippen molar-refractivity contribution < 1.29 is 0 Å². The number of hydrogen-bond donors (Lipinski definition) is 1. The average molecular weight is 189 g/mol. The molecule has 0 saturated heterocycles. The zero-order valence-corrected chi connectivity index (χ0v) is 9.03. The van der Waals surface area contributed by atoms with Gasteiger partial charge in [0.1, 0.15) is 0 Å². The van der Waals surface area contributed by atoms with E-state index in [4.69, 9.17) is 5.73 Å². The maximum Gasteiger partial charge on any atom is -0.00397 e. The van der Waals surface area contributed by atoms with Crippen LogP contribution in [0.15, 0.2) is 24.3 Å². The van der Waals surface area contributed by atoms with E-state index in [0.717, 1.165) is 6.54 Å². The van der Waals surface area contributed by atoms with Crippen LogP contribution in [0.4, 0.5) is 0 Å². The van der Waals surface area contributed by atoms with Gasteiger partial charge < -0.3 is 5.73 Å². The van der Waals surface area contributed by atoms with Crippen molar-refractivity contribution in [1.29, 1.82) is 0 Å². The molecule has 1 heteroatoms. The van der Waals surface area contributed by atoms with E-state index in [0.29, 0.717) is 17.8 Å². The van der Waals surface area contributed by atoms with E-state index in [2.05, 4.69) is 38.1 Å². The summed E-state index contributed by atoms with van der Waals surface area (Å²) in [5.74, 6) is 2.04. The van der Waals surface area contributed by atoms with Crippen LogP contribution in [0, 0.1) is 11.8 Å². The molecule has 2 N–H and O–H groups in total. The van der Waals surface area contributed by atoms with Crippen LogP contribution < -0.4 is 5.73 Å². The first-order chi connectivity index (χ1) is 6.74. The van der Waals surface area contributed by atoms with Crippen LogP contribution in [0.3, 0.4) is 0 Å². The maximum atomic E-state index is 5.84. The largest absolute Gasteiger partial charge is 0.330 e. The molecular weight excluding hydrogens is 170 g/mol. The molecule has 1 aromatic carbocycles. The van der Waals surface area contributed by atoms with Gasteiger partial charge in [0, 0.05) is 0 Å². The van der Waals surface area contributed by atoms with Gasteiger partial charge in [-0.15, -0.1) is 0 Å². The highest BCUT2D eigenvalue weighted by Crippen LogP contribution is 2.41. The second-order valence-corrected chi connectivity index (χ2v) is 4.67. The minimum atomic E-state index is 0.660. The van der Waals surface area contributed by atoms with Gasteiger partial charge in [0.05, 0.1) is 0 Å². The smallest absolute Gasteiger partial charge is 0.00397 e. The number of fused-ring (bicyclic) bond motifs is 1. The van der Waals surface area contributed by atoms with Crippen LogP contribution in [0.2, 0.25) is 0 Å². The molecule has 0 fully saturated rings. The molecule has 2 atom stereocenters. The Labute approximate surface area is 86.3 Å². The van der Waals surface area contributed by atoms with E-state index in [-0.39, 0.29) is 0 Å². The van der Waals surface area contributed by atoms with Crippen molar-refractivity contribution >= 4 is 0 Å². The van der Waals surface area contributed by atoms with Gasteiger partial charge in [0.2, 0.25) is 0 Å². The summed E-state index contributed by atoms with van der Waals surface area (Å²) in [6.45, 7) is 5.42. The molecule has 76 valence electrons. The SMILES string of the molecule is CC(C)C1c2ccccc2CC1CN. The molecule has 0 amide bonds. The molecule has 1 aliphatic carbocycles. The third-order valence-corrected chi connectivity index (χ3v) is 3.43. The number of nitrogens with two attached hydrogens (primary N) is 1. The molecule has 0 radical (unpaired) electrons. The first kappa shape index (κ1) is 9.72. The van der Waals surface area contributed by atoms with Gasteiger partial charge in [-0.25, -0.2) is 0 Å². The van der Waals surface area contributed by atoms with Crippen molar-refractivity contribution in [1.82, 2.24) is 0 Å². The Morgan fingerprint density at radius 1 is 1.36 bits per heavy atom. The standard InChI is InChI=1S/C13H19N/c1-9(2)13-11(8-14)7-10-5-3-4-6-12(10)13/h3-6,9,11,13H,7-8,14H2,1-2H3. The molecule has 14 heavy (non-hydrogen) atoms. The fourth-order valence-corrected chi connectivity index (χ4v) is 2.84. The Morgan fingerprint density at radius 3 is 2.71 bits per heavy atom. The van der Waals surface area contributed by atoms with Crippen molar-refractivity contribution in [3.8, 4) is 0 Å². The predicted molar refractivity (Wildman–Crippen MR) is 60.3 cm³/mol. The third-order valence-electron chi connectivity index (χ3n) is 3.43. The maximum absolute atomic E-state index is 5.84. The molecule has 0 heterocycles. The molecule has 0 spiro atoms. The third kappa shape index (κ3) is 1.46. The highest BCUT2D eigenvalue weighted by molar-refractivity contribution is 5.36. The molecular formula is C13H19N. The van der Waals surface area contributed by atoms with Gasteiger partial charge in [-0.05, 0) is 41.8 Å². The van der Waals surface area contributed by atoms with E-state index >= 15 is 0 Å². The van der Waals surface area contributed by atoms with Crippen molar-refractivity contribution in [2.75, 3.05) is 6.54 Å². The van der Waals surface area contributed by atoms with Gasteiger partial charge in [0.15, 0.2) is 0 Å². The Kier molecular flexibility index (Phi) is 2.60. The Balaban J connectivity index is 2.37. The second kappa shape index (κ2) is 3.74. The summed E-state index contributed by atoms with van der Waals surface area (Å²) in [5.41, 5.74) is 8.90. The Morgan fingerprint density at radius 2 is 2.07 bits per heavy atom. The summed E-state index contributed by atoms with van der Waals surface area (Å²) in [4.78, 5) is 0. The first-order valence-corrected chi connectivity index (χ1v) is 5.52. The van der Waals surface area contributed by atoms with Gasteiger partial charge in [-0.2, -0.15) is 0 Å². The van der Waals surface area contributed by atoms with Crippen LogP contribution in [-0.2, 0) is 6.42 Å². The quantitative estimate of drug-likeness (QED) is 0.760. The molecule has 2 unspecified atom stereocenters. The molecule has 0 saturated carbocycles. The van der Waals surface area contributed by atoms with Crippen LogP contribution in [0.5, 0.6) is 0 Å². The molecule has 1 nitrogen and oxygen atoms in total. The summed E-state index contributed by atoms with van der Waals surface area (Å²) < 4.78 is 0. The highest BCUT2D eigenvalue weighted by Gasteiger charge is 2.32. The van der Waals surface area contributed by atoms with Gasteiger partial charge in [-0.3, -0.25) is 0 Å². The fourth-order valence-electron chi connectivity index (χ4n) is 2.84. The van der Waals surface area contributed by atoms with Gasteiger partial charge in [-0.1, -0.05) is 38.1 Å². The lowest BCUT2D eigenvalue weighted by Crippen LogP contribution is -2.22. The van der Waals surface area contributed by atoms with E-state index in [1.54, 1.807) is 0 Å². The summed E-state index contributed by atoms with van der Waals surface area (Å²) in [7, 11) is 0. The molecule has 2 rings (SSSR count). The molecule has 1 aromatic rings. The Bertz CT molecular complexity index is 317. The van der Waals surface area contributed by atoms with Gasteiger partial charge in [0.25, 0.3) is 0 Å². The summed E-state index contributed by atoms with van der Waals surface area (Å²) in [5, 5.41) is 0.